The summed E-state index contributed by atoms with van der Waals surface area (Å²) in [6, 6.07) is 1.03. The summed E-state index contributed by atoms with van der Waals surface area (Å²) in [5.74, 6) is 0. The van der Waals surface area contributed by atoms with Gasteiger partial charge in [-0.05, 0) is 19.0 Å². The third-order valence-corrected chi connectivity index (χ3v) is 6.15. The summed E-state index contributed by atoms with van der Waals surface area (Å²) in [5.41, 5.74) is 5.36. The van der Waals surface area contributed by atoms with Gasteiger partial charge < -0.3 is 23.1 Å². The van der Waals surface area contributed by atoms with Crippen LogP contribution in [0.2, 0.25) is 6.04 Å². The summed E-state index contributed by atoms with van der Waals surface area (Å²) in [5, 5.41) is 0. The van der Waals surface area contributed by atoms with E-state index >= 15 is 0 Å². The average molecular weight is 225 g/mol. The third-order valence-electron chi connectivity index (χ3n) is 1.63. The second-order valence-corrected chi connectivity index (χ2v) is 6.95. The number of hydrogen-bond acceptors (Lipinski definition) is 5. The minimum absolute atomic E-state index is 0.630. The molecule has 7 heteroatoms. The molecule has 0 heterocycles. The number of nitrogens with two attached hydrogens (primary N) is 1. The molecule has 2 N–H and O–H groups in total. The Labute approximate surface area is 82.9 Å². The van der Waals surface area contributed by atoms with Gasteiger partial charge in [-0.25, -0.2) is 0 Å². The molecule has 0 saturated heterocycles. The Kier molecular flexibility index (Phi) is 7.76. The molecule has 0 aliphatic rings. The molecule has 0 fully saturated rings. The van der Waals surface area contributed by atoms with Crippen molar-refractivity contribution in [2.45, 2.75) is 12.5 Å². The number of rotatable bonds is 8. The van der Waals surface area contributed by atoms with Crippen molar-refractivity contribution < 1.29 is 17.4 Å². The average Bonchev–Trinajstić information content (AvgIpc) is 2.20. The first-order chi connectivity index (χ1) is 6.24. The van der Waals surface area contributed by atoms with E-state index in [0.29, 0.717) is 6.54 Å². The molecule has 0 aromatic rings. The van der Waals surface area contributed by atoms with Gasteiger partial charge in [0.2, 0.25) is 0 Å². The highest BCUT2D eigenvalue weighted by Gasteiger charge is 2.41. The molecular weight excluding hydrogens is 206 g/mol. The highest BCUT2D eigenvalue weighted by atomic mass is 28.4. The minimum Gasteiger partial charge on any atom is -0.400 e. The van der Waals surface area contributed by atoms with E-state index in [-0.39, 0.29) is 0 Å². The van der Waals surface area contributed by atoms with Crippen molar-refractivity contribution in [2.24, 2.45) is 5.73 Å². The fourth-order valence-corrected chi connectivity index (χ4v) is 4.85. The summed E-state index contributed by atoms with van der Waals surface area (Å²) in [6.07, 6.45) is 0.994. The van der Waals surface area contributed by atoms with Gasteiger partial charge >= 0.3 is 9.05 Å². The lowest BCUT2D eigenvalue weighted by molar-refractivity contribution is 0.0523. The summed E-state index contributed by atoms with van der Waals surface area (Å²) in [4.78, 5) is 0. The third kappa shape index (κ3) is 4.86. The standard InChI is InChI=1S/C6H19NO4Si2/c1-8-13(9-2,10-3)11-12-6-4-5-7/h4-7,12H2,1-3H3. The van der Waals surface area contributed by atoms with Gasteiger partial charge in [-0.15, -0.1) is 0 Å². The van der Waals surface area contributed by atoms with Crippen LogP contribution in [0.15, 0.2) is 0 Å². The highest BCUT2D eigenvalue weighted by molar-refractivity contribution is 6.60. The Hall–Kier alpha value is 0.234. The topological polar surface area (TPSA) is 62.9 Å². The molecule has 0 aliphatic heterocycles. The first-order valence-electron chi connectivity index (χ1n) is 4.24. The fraction of sp³-hybridized carbons (Fsp3) is 1.00. The van der Waals surface area contributed by atoms with Crippen LogP contribution in [-0.2, 0) is 17.4 Å². The van der Waals surface area contributed by atoms with E-state index in [2.05, 4.69) is 0 Å². The van der Waals surface area contributed by atoms with Crippen LogP contribution in [0.25, 0.3) is 0 Å². The van der Waals surface area contributed by atoms with Crippen molar-refractivity contribution in [3.63, 3.8) is 0 Å². The van der Waals surface area contributed by atoms with Crippen molar-refractivity contribution in [1.82, 2.24) is 0 Å². The molecule has 0 amide bonds. The van der Waals surface area contributed by atoms with Gasteiger partial charge in [-0.2, -0.15) is 0 Å². The van der Waals surface area contributed by atoms with Crippen molar-refractivity contribution >= 4 is 18.8 Å². The predicted octanol–water partition coefficient (Wildman–Crippen LogP) is -0.771. The largest absolute Gasteiger partial charge is 0.667 e. The molecule has 0 rings (SSSR count). The van der Waals surface area contributed by atoms with Crippen LogP contribution in [0.3, 0.4) is 0 Å². The molecule has 0 unspecified atom stereocenters. The molecule has 0 atom stereocenters. The van der Waals surface area contributed by atoms with Crippen LogP contribution in [0.1, 0.15) is 6.42 Å². The zero-order valence-electron chi connectivity index (χ0n) is 8.54. The summed E-state index contributed by atoms with van der Waals surface area (Å²) >= 11 is 0. The molecule has 0 spiro atoms. The quantitative estimate of drug-likeness (QED) is 0.434. The lowest BCUT2D eigenvalue weighted by atomic mass is 10.5. The van der Waals surface area contributed by atoms with Gasteiger partial charge in [-0.3, -0.25) is 0 Å². The van der Waals surface area contributed by atoms with Crippen LogP contribution in [-0.4, -0.2) is 46.7 Å². The molecule has 0 aromatic carbocycles. The second-order valence-electron chi connectivity index (χ2n) is 2.46. The van der Waals surface area contributed by atoms with Gasteiger partial charge in [-0.1, -0.05) is 0 Å². The van der Waals surface area contributed by atoms with Crippen molar-refractivity contribution in [3.8, 4) is 0 Å². The van der Waals surface area contributed by atoms with E-state index in [1.807, 2.05) is 0 Å². The van der Waals surface area contributed by atoms with Crippen LogP contribution in [0.4, 0.5) is 0 Å². The van der Waals surface area contributed by atoms with Crippen LogP contribution in [0.5, 0.6) is 0 Å². The van der Waals surface area contributed by atoms with Crippen LogP contribution < -0.4 is 5.73 Å². The van der Waals surface area contributed by atoms with E-state index in [0.717, 1.165) is 12.5 Å². The first-order valence-corrected chi connectivity index (χ1v) is 7.45. The molecule has 0 saturated carbocycles. The highest BCUT2D eigenvalue weighted by Crippen LogP contribution is 2.07. The maximum atomic E-state index is 5.53. The molecule has 0 radical (unpaired) electrons. The summed E-state index contributed by atoms with van der Waals surface area (Å²) in [7, 11) is 1.24. The molecule has 0 aliphatic carbocycles. The lowest BCUT2D eigenvalue weighted by Gasteiger charge is -2.23. The van der Waals surface area contributed by atoms with E-state index in [1.54, 1.807) is 0 Å². The molecular formula is C6H19NO4Si2. The van der Waals surface area contributed by atoms with E-state index in [9.17, 15) is 0 Å². The van der Waals surface area contributed by atoms with Crippen molar-refractivity contribution in [3.05, 3.63) is 0 Å². The maximum Gasteiger partial charge on any atom is 0.667 e. The van der Waals surface area contributed by atoms with Crippen LogP contribution in [0, 0.1) is 0 Å². The smallest absolute Gasteiger partial charge is 0.400 e. The van der Waals surface area contributed by atoms with E-state index in [1.165, 1.54) is 21.3 Å². The Morgan fingerprint density at radius 1 is 1.15 bits per heavy atom. The van der Waals surface area contributed by atoms with Crippen LogP contribution >= 0.6 is 0 Å². The summed E-state index contributed by atoms with van der Waals surface area (Å²) < 4.78 is 20.8. The van der Waals surface area contributed by atoms with E-state index < -0.39 is 18.8 Å². The zero-order chi connectivity index (χ0) is 10.2. The Bertz CT molecular complexity index is 115. The number of hydrogen-bond donors (Lipinski definition) is 1. The first kappa shape index (κ1) is 13.2. The normalized spacial score (nSPS) is 12.9. The Balaban J connectivity index is 3.68. The fourth-order valence-electron chi connectivity index (χ4n) is 0.870. The van der Waals surface area contributed by atoms with Gasteiger partial charge in [0.05, 0.1) is 0 Å². The Morgan fingerprint density at radius 3 is 2.08 bits per heavy atom. The molecule has 13 heavy (non-hydrogen) atoms. The van der Waals surface area contributed by atoms with Gasteiger partial charge in [0.1, 0.15) is 0 Å². The molecule has 0 bridgehead atoms. The van der Waals surface area contributed by atoms with Gasteiger partial charge in [0, 0.05) is 21.3 Å². The minimum atomic E-state index is -2.75. The molecule has 80 valence electrons. The van der Waals surface area contributed by atoms with E-state index in [4.69, 9.17) is 23.1 Å². The summed E-state index contributed by atoms with van der Waals surface area (Å²) in [6.45, 7) is 0.706. The second kappa shape index (κ2) is 7.62. The lowest BCUT2D eigenvalue weighted by Crippen LogP contribution is -2.47. The van der Waals surface area contributed by atoms with Gasteiger partial charge in [0.15, 0.2) is 9.76 Å². The molecule has 0 aromatic heterocycles. The van der Waals surface area contributed by atoms with Crippen molar-refractivity contribution in [2.75, 3.05) is 27.9 Å². The molecule has 5 nitrogen and oxygen atoms in total. The van der Waals surface area contributed by atoms with Crippen molar-refractivity contribution in [1.29, 1.82) is 0 Å². The Morgan fingerprint density at radius 2 is 1.69 bits per heavy atom. The SMILES string of the molecule is CO[Si](OC)(OC)O[SiH2]CCCN. The van der Waals surface area contributed by atoms with Gasteiger partial charge in [0.25, 0.3) is 0 Å². The predicted molar refractivity (Wildman–Crippen MR) is 54.9 cm³/mol. The monoisotopic (exact) mass is 225 g/mol. The maximum absolute atomic E-state index is 5.53. The zero-order valence-corrected chi connectivity index (χ0v) is 11.0.